The van der Waals surface area contributed by atoms with Crippen LogP contribution in [0.5, 0.6) is 5.75 Å². The monoisotopic (exact) mass is 383 g/mol. The topological polar surface area (TPSA) is 64.9 Å². The molecule has 1 aromatic heterocycles. The summed E-state index contributed by atoms with van der Waals surface area (Å²) in [6, 6.07) is 15.9. The Morgan fingerprint density at radius 2 is 2.00 bits per heavy atom. The van der Waals surface area contributed by atoms with E-state index in [0.29, 0.717) is 5.95 Å². The normalized spacial score (nSPS) is 16.1. The molecule has 3 aromatic rings. The molecule has 4 rings (SSSR count). The van der Waals surface area contributed by atoms with E-state index in [9.17, 15) is 0 Å². The minimum absolute atomic E-state index is 0.106. The Labute approximate surface area is 147 Å². The van der Waals surface area contributed by atoms with Crippen LogP contribution in [-0.4, -0.2) is 27.3 Å². The van der Waals surface area contributed by atoms with Crippen molar-refractivity contribution in [1.82, 2.24) is 20.2 Å². The molecule has 1 N–H and O–H groups in total. The highest BCUT2D eigenvalue weighted by molar-refractivity contribution is 9.10. The molecule has 1 aliphatic heterocycles. The van der Waals surface area contributed by atoms with Crippen molar-refractivity contribution >= 4 is 27.6 Å². The second kappa shape index (κ2) is 6.09. The lowest BCUT2D eigenvalue weighted by molar-refractivity contribution is 0.413. The van der Waals surface area contributed by atoms with Gasteiger partial charge in [-0.1, -0.05) is 45.3 Å². The van der Waals surface area contributed by atoms with Gasteiger partial charge in [0, 0.05) is 10.2 Å². The number of halogens is 1. The van der Waals surface area contributed by atoms with Crippen LogP contribution in [-0.2, 0) is 0 Å². The number of fused-ring (bicyclic) bond motifs is 1. The minimum Gasteiger partial charge on any atom is -0.497 e. The zero-order chi connectivity index (χ0) is 16.5. The number of ether oxygens (including phenoxy) is 1. The maximum Gasteiger partial charge on any atom is 0.248 e. The molecule has 0 amide bonds. The van der Waals surface area contributed by atoms with Gasteiger partial charge in [0.1, 0.15) is 11.8 Å². The van der Waals surface area contributed by atoms with Crippen LogP contribution >= 0.6 is 15.9 Å². The molecule has 2 aromatic carbocycles. The summed E-state index contributed by atoms with van der Waals surface area (Å²) in [5.74, 6) is 1.42. The summed E-state index contributed by atoms with van der Waals surface area (Å²) in [5, 5.41) is 15.3. The number of allylic oxidation sites excluding steroid dienone is 1. The molecule has 0 fully saturated rings. The standard InChI is InChI=1S/C17H14BrN5O/c1-24-14-4-2-3-12(9-14)16-10-15(11-5-7-13(18)8-6-11)19-17-20-21-22-23(16)17/h2-10,16H,1H3,(H,19,20,22)/t16-/m1/s1. The zero-order valence-electron chi connectivity index (χ0n) is 12.8. The van der Waals surface area contributed by atoms with E-state index < -0.39 is 0 Å². The number of nitrogens with zero attached hydrogens (tertiary/aromatic N) is 4. The van der Waals surface area contributed by atoms with Gasteiger partial charge in [-0.15, -0.1) is 0 Å². The van der Waals surface area contributed by atoms with Crippen molar-refractivity contribution in [3.63, 3.8) is 0 Å². The van der Waals surface area contributed by atoms with Crippen molar-refractivity contribution in [2.75, 3.05) is 12.4 Å². The summed E-state index contributed by atoms with van der Waals surface area (Å²) < 4.78 is 8.14. The predicted molar refractivity (Wildman–Crippen MR) is 94.7 cm³/mol. The molecule has 7 heteroatoms. The molecule has 0 bridgehead atoms. The number of benzene rings is 2. The summed E-state index contributed by atoms with van der Waals surface area (Å²) in [4.78, 5) is 0. The molecule has 0 unspecified atom stereocenters. The Kier molecular flexibility index (Phi) is 3.78. The van der Waals surface area contributed by atoms with E-state index in [2.05, 4.69) is 42.8 Å². The van der Waals surface area contributed by atoms with Gasteiger partial charge in [0.05, 0.1) is 7.11 Å². The number of tetrazole rings is 1. The number of aromatic nitrogens is 4. The van der Waals surface area contributed by atoms with E-state index in [1.807, 2.05) is 48.5 Å². The summed E-state index contributed by atoms with van der Waals surface area (Å²) in [5.41, 5.74) is 3.09. The fraction of sp³-hybridized carbons (Fsp3) is 0.118. The Balaban J connectivity index is 1.80. The van der Waals surface area contributed by atoms with Crippen molar-refractivity contribution in [1.29, 1.82) is 0 Å². The first-order valence-electron chi connectivity index (χ1n) is 7.41. The molecule has 0 aliphatic carbocycles. The van der Waals surface area contributed by atoms with Crippen LogP contribution in [0.4, 0.5) is 5.95 Å². The van der Waals surface area contributed by atoms with Crippen molar-refractivity contribution < 1.29 is 4.74 Å². The lowest BCUT2D eigenvalue weighted by Gasteiger charge is -2.23. The molecule has 0 spiro atoms. The Morgan fingerprint density at radius 3 is 2.79 bits per heavy atom. The SMILES string of the molecule is COc1cccc([C@H]2C=C(c3ccc(Br)cc3)Nc3nnnn32)c1. The largest absolute Gasteiger partial charge is 0.497 e. The summed E-state index contributed by atoms with van der Waals surface area (Å²) in [6.07, 6.45) is 2.11. The third-order valence-electron chi connectivity index (χ3n) is 3.92. The van der Waals surface area contributed by atoms with Gasteiger partial charge >= 0.3 is 0 Å². The van der Waals surface area contributed by atoms with Crippen molar-refractivity contribution in [2.24, 2.45) is 0 Å². The van der Waals surface area contributed by atoms with Crippen LogP contribution in [0.2, 0.25) is 0 Å². The average molecular weight is 384 g/mol. The van der Waals surface area contributed by atoms with E-state index in [4.69, 9.17) is 4.74 Å². The highest BCUT2D eigenvalue weighted by Crippen LogP contribution is 2.33. The summed E-state index contributed by atoms with van der Waals surface area (Å²) in [7, 11) is 1.66. The van der Waals surface area contributed by atoms with E-state index in [-0.39, 0.29) is 6.04 Å². The van der Waals surface area contributed by atoms with Gasteiger partial charge in [-0.3, -0.25) is 0 Å². The van der Waals surface area contributed by atoms with Crippen LogP contribution in [0.25, 0.3) is 5.70 Å². The Morgan fingerprint density at radius 1 is 1.17 bits per heavy atom. The number of hydrogen-bond donors (Lipinski definition) is 1. The van der Waals surface area contributed by atoms with E-state index >= 15 is 0 Å². The molecule has 120 valence electrons. The highest BCUT2D eigenvalue weighted by Gasteiger charge is 2.24. The van der Waals surface area contributed by atoms with Crippen molar-refractivity contribution in [3.05, 3.63) is 70.2 Å². The van der Waals surface area contributed by atoms with Crippen molar-refractivity contribution in [2.45, 2.75) is 6.04 Å². The van der Waals surface area contributed by atoms with Gasteiger partial charge < -0.3 is 10.1 Å². The molecule has 6 nitrogen and oxygen atoms in total. The highest BCUT2D eigenvalue weighted by atomic mass is 79.9. The molecular weight excluding hydrogens is 370 g/mol. The van der Waals surface area contributed by atoms with Gasteiger partial charge in [0.15, 0.2) is 0 Å². The first-order valence-corrected chi connectivity index (χ1v) is 8.20. The number of rotatable bonds is 3. The molecule has 1 aliphatic rings. The molecular formula is C17H14BrN5O. The van der Waals surface area contributed by atoms with Crippen molar-refractivity contribution in [3.8, 4) is 5.75 Å². The molecule has 2 heterocycles. The van der Waals surface area contributed by atoms with E-state index in [1.54, 1.807) is 11.8 Å². The van der Waals surface area contributed by atoms with E-state index in [0.717, 1.165) is 27.0 Å². The zero-order valence-corrected chi connectivity index (χ0v) is 14.4. The van der Waals surface area contributed by atoms with Gasteiger partial charge in [0.25, 0.3) is 0 Å². The first-order chi connectivity index (χ1) is 11.7. The third kappa shape index (κ3) is 2.67. The molecule has 24 heavy (non-hydrogen) atoms. The van der Waals surface area contributed by atoms with Gasteiger partial charge in [-0.2, -0.15) is 4.68 Å². The summed E-state index contributed by atoms with van der Waals surface area (Å²) >= 11 is 3.46. The van der Waals surface area contributed by atoms with Crippen LogP contribution in [0.3, 0.4) is 0 Å². The molecule has 1 atom stereocenters. The quantitative estimate of drug-likeness (QED) is 0.749. The first kappa shape index (κ1) is 14.9. The predicted octanol–water partition coefficient (Wildman–Crippen LogP) is 3.50. The van der Waals surface area contributed by atoms with Crippen LogP contribution in [0, 0.1) is 0 Å². The molecule has 0 radical (unpaired) electrons. The Bertz CT molecular complexity index is 903. The number of hydrogen-bond acceptors (Lipinski definition) is 5. The number of nitrogens with one attached hydrogen (secondary N) is 1. The second-order valence-electron chi connectivity index (χ2n) is 5.38. The molecule has 0 saturated carbocycles. The smallest absolute Gasteiger partial charge is 0.248 e. The third-order valence-corrected chi connectivity index (χ3v) is 4.45. The fourth-order valence-electron chi connectivity index (χ4n) is 2.71. The maximum atomic E-state index is 5.34. The average Bonchev–Trinajstić information content (AvgIpc) is 3.10. The lowest BCUT2D eigenvalue weighted by atomic mass is 10.0. The fourth-order valence-corrected chi connectivity index (χ4v) is 2.98. The summed E-state index contributed by atoms with van der Waals surface area (Å²) in [6.45, 7) is 0. The second-order valence-corrected chi connectivity index (χ2v) is 6.30. The number of anilines is 1. The van der Waals surface area contributed by atoms with Crippen LogP contribution < -0.4 is 10.1 Å². The minimum atomic E-state index is -0.106. The van der Waals surface area contributed by atoms with Gasteiger partial charge in [-0.05, 0) is 51.9 Å². The number of methoxy groups -OCH3 is 1. The molecule has 0 saturated heterocycles. The van der Waals surface area contributed by atoms with Crippen LogP contribution in [0.1, 0.15) is 17.2 Å². The lowest BCUT2D eigenvalue weighted by Crippen LogP contribution is -2.20. The Hall–Kier alpha value is -2.67. The maximum absolute atomic E-state index is 5.34. The van der Waals surface area contributed by atoms with Crippen LogP contribution in [0.15, 0.2) is 59.1 Å². The van der Waals surface area contributed by atoms with Gasteiger partial charge in [-0.25, -0.2) is 0 Å². The van der Waals surface area contributed by atoms with E-state index in [1.165, 1.54) is 0 Å². The van der Waals surface area contributed by atoms with Gasteiger partial charge in [0.2, 0.25) is 5.95 Å².